The number of para-hydroxylation sites is 1. The molecule has 1 aromatic heterocycles. The van der Waals surface area contributed by atoms with Crippen LogP contribution in [0.1, 0.15) is 18.9 Å². The molecule has 3 amide bonds. The molecule has 0 saturated carbocycles. The van der Waals surface area contributed by atoms with Crippen molar-refractivity contribution in [2.24, 2.45) is 0 Å². The van der Waals surface area contributed by atoms with E-state index in [9.17, 15) is 9.59 Å². The summed E-state index contributed by atoms with van der Waals surface area (Å²) in [6, 6.07) is 8.15. The minimum Gasteiger partial charge on any atom is -0.361 e. The highest BCUT2D eigenvalue weighted by Crippen LogP contribution is 2.28. The molecule has 0 radical (unpaired) electrons. The van der Waals surface area contributed by atoms with E-state index in [0.29, 0.717) is 26.2 Å². The number of benzene rings is 1. The van der Waals surface area contributed by atoms with Gasteiger partial charge in [0.25, 0.3) is 0 Å². The maximum atomic E-state index is 12.1. The van der Waals surface area contributed by atoms with Gasteiger partial charge in [-0.15, -0.1) is 0 Å². The first kappa shape index (κ1) is 16.1. The van der Waals surface area contributed by atoms with Gasteiger partial charge < -0.3 is 20.5 Å². The molecule has 2 heterocycles. The molecule has 1 aliphatic rings. The zero-order chi connectivity index (χ0) is 16.9. The second kappa shape index (κ2) is 7.21. The Morgan fingerprint density at radius 3 is 2.75 bits per heavy atom. The SMILES string of the molecule is CC(=O)NCCNC(=O)N1CC=C(c2c[nH]c3ccccc23)CC1. The smallest absolute Gasteiger partial charge is 0.317 e. The van der Waals surface area contributed by atoms with E-state index in [2.05, 4.69) is 33.8 Å². The van der Waals surface area contributed by atoms with Crippen LogP contribution in [0.25, 0.3) is 16.5 Å². The summed E-state index contributed by atoms with van der Waals surface area (Å²) >= 11 is 0. The summed E-state index contributed by atoms with van der Waals surface area (Å²) in [5.74, 6) is -0.0893. The lowest BCUT2D eigenvalue weighted by atomic mass is 9.99. The number of nitrogens with one attached hydrogen (secondary N) is 3. The van der Waals surface area contributed by atoms with Gasteiger partial charge in [0, 0.05) is 55.8 Å². The van der Waals surface area contributed by atoms with Crippen LogP contribution in [-0.2, 0) is 4.79 Å². The number of hydrogen-bond donors (Lipinski definition) is 3. The van der Waals surface area contributed by atoms with Crippen LogP contribution in [0.2, 0.25) is 0 Å². The Kier molecular flexibility index (Phi) is 4.84. The first-order chi connectivity index (χ1) is 11.6. The number of hydrogen-bond acceptors (Lipinski definition) is 2. The number of rotatable bonds is 4. The van der Waals surface area contributed by atoms with Gasteiger partial charge in [0.1, 0.15) is 0 Å². The monoisotopic (exact) mass is 326 g/mol. The third-order valence-electron chi connectivity index (χ3n) is 4.21. The molecule has 0 spiro atoms. The third-order valence-corrected chi connectivity index (χ3v) is 4.21. The minimum absolute atomic E-state index is 0.0884. The molecule has 6 nitrogen and oxygen atoms in total. The van der Waals surface area contributed by atoms with E-state index in [0.717, 1.165) is 11.9 Å². The number of urea groups is 1. The van der Waals surface area contributed by atoms with Crippen molar-refractivity contribution in [3.05, 3.63) is 42.1 Å². The lowest BCUT2D eigenvalue weighted by Crippen LogP contribution is -2.44. The number of carbonyl (C=O) groups excluding carboxylic acids is 2. The lowest BCUT2D eigenvalue weighted by Gasteiger charge is -2.26. The van der Waals surface area contributed by atoms with E-state index < -0.39 is 0 Å². The largest absolute Gasteiger partial charge is 0.361 e. The van der Waals surface area contributed by atoms with Crippen LogP contribution in [0.4, 0.5) is 4.79 Å². The summed E-state index contributed by atoms with van der Waals surface area (Å²) in [7, 11) is 0. The van der Waals surface area contributed by atoms with Gasteiger partial charge in [-0.05, 0) is 18.1 Å². The summed E-state index contributed by atoms with van der Waals surface area (Å²) in [5, 5.41) is 6.70. The summed E-state index contributed by atoms with van der Waals surface area (Å²) in [5.41, 5.74) is 3.62. The molecule has 1 aromatic carbocycles. The van der Waals surface area contributed by atoms with Crippen molar-refractivity contribution in [2.75, 3.05) is 26.2 Å². The van der Waals surface area contributed by atoms with Crippen LogP contribution < -0.4 is 10.6 Å². The van der Waals surface area contributed by atoms with E-state index in [1.807, 2.05) is 18.3 Å². The fourth-order valence-electron chi connectivity index (χ4n) is 2.96. The summed E-state index contributed by atoms with van der Waals surface area (Å²) < 4.78 is 0. The standard InChI is InChI=1S/C18H22N4O2/c1-13(23)19-8-9-20-18(24)22-10-6-14(7-11-22)16-12-21-17-5-3-2-4-15(16)17/h2-6,12,21H,7-11H2,1H3,(H,19,23)(H,20,24). The Labute approximate surface area is 140 Å². The molecular formula is C18H22N4O2. The van der Waals surface area contributed by atoms with Crippen molar-refractivity contribution < 1.29 is 9.59 Å². The Morgan fingerprint density at radius 2 is 2.00 bits per heavy atom. The second-order valence-electron chi connectivity index (χ2n) is 5.89. The molecule has 0 bridgehead atoms. The van der Waals surface area contributed by atoms with Crippen molar-refractivity contribution in [1.82, 2.24) is 20.5 Å². The van der Waals surface area contributed by atoms with Gasteiger partial charge >= 0.3 is 6.03 Å². The zero-order valence-electron chi connectivity index (χ0n) is 13.8. The summed E-state index contributed by atoms with van der Waals surface area (Å²) in [6.07, 6.45) is 4.99. The maximum absolute atomic E-state index is 12.1. The number of fused-ring (bicyclic) bond motifs is 1. The van der Waals surface area contributed by atoms with E-state index in [1.54, 1.807) is 4.90 Å². The number of aromatic amines is 1. The van der Waals surface area contributed by atoms with Crippen molar-refractivity contribution in [3.63, 3.8) is 0 Å². The average Bonchev–Trinajstić information content (AvgIpc) is 3.02. The Morgan fingerprint density at radius 1 is 1.21 bits per heavy atom. The van der Waals surface area contributed by atoms with Crippen molar-refractivity contribution in [2.45, 2.75) is 13.3 Å². The van der Waals surface area contributed by atoms with Gasteiger partial charge in [-0.25, -0.2) is 4.79 Å². The summed E-state index contributed by atoms with van der Waals surface area (Å²) in [6.45, 7) is 3.64. The quantitative estimate of drug-likeness (QED) is 0.753. The minimum atomic E-state index is -0.0893. The van der Waals surface area contributed by atoms with Gasteiger partial charge in [0.15, 0.2) is 0 Å². The highest BCUT2D eigenvalue weighted by atomic mass is 16.2. The Hall–Kier alpha value is -2.76. The molecule has 0 aliphatic carbocycles. The van der Waals surface area contributed by atoms with Crippen LogP contribution in [0.15, 0.2) is 36.5 Å². The normalized spacial score (nSPS) is 14.4. The molecule has 3 rings (SSSR count). The number of H-pyrrole nitrogens is 1. The third kappa shape index (κ3) is 3.59. The molecule has 0 atom stereocenters. The number of amides is 3. The number of nitrogens with zero attached hydrogens (tertiary/aromatic N) is 1. The molecule has 0 unspecified atom stereocenters. The molecule has 1 aliphatic heterocycles. The molecule has 0 saturated heterocycles. The molecular weight excluding hydrogens is 304 g/mol. The predicted molar refractivity (Wildman–Crippen MR) is 94.5 cm³/mol. The van der Waals surface area contributed by atoms with Gasteiger partial charge in [0.05, 0.1) is 0 Å². The molecule has 6 heteroatoms. The van der Waals surface area contributed by atoms with Crippen molar-refractivity contribution >= 4 is 28.4 Å². The highest BCUT2D eigenvalue weighted by Gasteiger charge is 2.18. The second-order valence-corrected chi connectivity index (χ2v) is 5.89. The number of carbonyl (C=O) groups is 2. The van der Waals surface area contributed by atoms with Crippen molar-refractivity contribution in [1.29, 1.82) is 0 Å². The van der Waals surface area contributed by atoms with Gasteiger partial charge in [-0.1, -0.05) is 24.3 Å². The first-order valence-electron chi connectivity index (χ1n) is 8.18. The number of aromatic nitrogens is 1. The molecule has 0 fully saturated rings. The van der Waals surface area contributed by atoms with E-state index in [4.69, 9.17) is 0 Å². The van der Waals surface area contributed by atoms with Gasteiger partial charge in [-0.2, -0.15) is 0 Å². The fraction of sp³-hybridized carbons (Fsp3) is 0.333. The topological polar surface area (TPSA) is 77.2 Å². The van der Waals surface area contributed by atoms with E-state index in [-0.39, 0.29) is 11.9 Å². The molecule has 2 aromatic rings. The van der Waals surface area contributed by atoms with E-state index in [1.165, 1.54) is 23.4 Å². The van der Waals surface area contributed by atoms with Crippen LogP contribution in [0.3, 0.4) is 0 Å². The van der Waals surface area contributed by atoms with E-state index >= 15 is 0 Å². The van der Waals surface area contributed by atoms with Gasteiger partial charge in [0.2, 0.25) is 5.91 Å². The predicted octanol–water partition coefficient (Wildman–Crippen LogP) is 2.10. The highest BCUT2D eigenvalue weighted by molar-refractivity contribution is 5.93. The average molecular weight is 326 g/mol. The lowest BCUT2D eigenvalue weighted by molar-refractivity contribution is -0.118. The Balaban J connectivity index is 1.58. The van der Waals surface area contributed by atoms with Crippen LogP contribution in [0, 0.1) is 0 Å². The summed E-state index contributed by atoms with van der Waals surface area (Å²) in [4.78, 5) is 28.0. The van der Waals surface area contributed by atoms with Gasteiger partial charge in [-0.3, -0.25) is 4.79 Å². The van der Waals surface area contributed by atoms with Crippen LogP contribution >= 0.6 is 0 Å². The molecule has 3 N–H and O–H groups in total. The van der Waals surface area contributed by atoms with Crippen LogP contribution in [0.5, 0.6) is 0 Å². The molecule has 126 valence electrons. The fourth-order valence-corrected chi connectivity index (χ4v) is 2.96. The molecule has 24 heavy (non-hydrogen) atoms. The van der Waals surface area contributed by atoms with Crippen molar-refractivity contribution in [3.8, 4) is 0 Å². The van der Waals surface area contributed by atoms with Crippen LogP contribution in [-0.4, -0.2) is 48.0 Å². The maximum Gasteiger partial charge on any atom is 0.317 e. The Bertz CT molecular complexity index is 778. The zero-order valence-corrected chi connectivity index (χ0v) is 13.8. The first-order valence-corrected chi connectivity index (χ1v) is 8.18.